The number of rotatable bonds is 8. The SMILES string of the molecule is CCCCC(NC(c1cccs1)C(C)C)C(=O)O. The van der Waals surface area contributed by atoms with Gasteiger partial charge in [-0.05, 0) is 23.8 Å². The molecule has 0 radical (unpaired) electrons. The van der Waals surface area contributed by atoms with Crippen molar-refractivity contribution < 1.29 is 9.90 Å². The first-order valence-corrected chi connectivity index (χ1v) is 7.46. The Morgan fingerprint density at radius 3 is 2.67 bits per heavy atom. The van der Waals surface area contributed by atoms with E-state index in [1.807, 2.05) is 11.4 Å². The first kappa shape index (κ1) is 15.2. The van der Waals surface area contributed by atoms with E-state index >= 15 is 0 Å². The minimum absolute atomic E-state index is 0.128. The lowest BCUT2D eigenvalue weighted by molar-refractivity contribution is -0.140. The Labute approximate surface area is 113 Å². The number of aliphatic carboxylic acids is 1. The second-order valence-corrected chi connectivity index (χ2v) is 5.92. The molecular weight excluding hydrogens is 246 g/mol. The van der Waals surface area contributed by atoms with E-state index in [-0.39, 0.29) is 6.04 Å². The maximum atomic E-state index is 11.3. The third kappa shape index (κ3) is 4.42. The van der Waals surface area contributed by atoms with Crippen molar-refractivity contribution >= 4 is 17.3 Å². The molecule has 0 saturated carbocycles. The van der Waals surface area contributed by atoms with Crippen molar-refractivity contribution in [2.45, 2.75) is 52.1 Å². The topological polar surface area (TPSA) is 49.3 Å². The first-order valence-electron chi connectivity index (χ1n) is 6.58. The average Bonchev–Trinajstić information content (AvgIpc) is 2.81. The van der Waals surface area contributed by atoms with Gasteiger partial charge in [0.2, 0.25) is 0 Å². The van der Waals surface area contributed by atoms with Crippen LogP contribution >= 0.6 is 11.3 Å². The first-order chi connectivity index (χ1) is 8.56. The largest absolute Gasteiger partial charge is 0.480 e. The predicted molar refractivity (Wildman–Crippen MR) is 76.0 cm³/mol. The van der Waals surface area contributed by atoms with Crippen molar-refractivity contribution in [2.24, 2.45) is 5.92 Å². The van der Waals surface area contributed by atoms with E-state index in [1.165, 1.54) is 4.88 Å². The van der Waals surface area contributed by atoms with Crippen molar-refractivity contribution in [1.29, 1.82) is 0 Å². The average molecular weight is 269 g/mol. The Morgan fingerprint density at radius 1 is 1.50 bits per heavy atom. The number of unbranched alkanes of at least 4 members (excludes halogenated alkanes) is 1. The summed E-state index contributed by atoms with van der Waals surface area (Å²) in [6.07, 6.45) is 2.66. The molecule has 2 N–H and O–H groups in total. The van der Waals surface area contributed by atoms with Gasteiger partial charge in [-0.25, -0.2) is 0 Å². The third-order valence-corrected chi connectivity index (χ3v) is 4.00. The number of carboxylic acid groups (broad SMARTS) is 1. The van der Waals surface area contributed by atoms with Crippen molar-refractivity contribution in [2.75, 3.05) is 0 Å². The molecular formula is C14H23NO2S. The van der Waals surface area contributed by atoms with Crippen LogP contribution in [-0.4, -0.2) is 17.1 Å². The number of carbonyl (C=O) groups is 1. The monoisotopic (exact) mass is 269 g/mol. The van der Waals surface area contributed by atoms with E-state index in [9.17, 15) is 9.90 Å². The standard InChI is InChI=1S/C14H23NO2S/c1-4-5-7-11(14(16)17)15-13(10(2)3)12-8-6-9-18-12/h6,8-11,13,15H,4-5,7H2,1-3H3,(H,16,17). The van der Waals surface area contributed by atoms with Crippen molar-refractivity contribution in [3.63, 3.8) is 0 Å². The third-order valence-electron chi connectivity index (χ3n) is 3.04. The summed E-state index contributed by atoms with van der Waals surface area (Å²) in [7, 11) is 0. The van der Waals surface area contributed by atoms with Gasteiger partial charge in [-0.2, -0.15) is 0 Å². The Balaban J connectivity index is 2.71. The van der Waals surface area contributed by atoms with Gasteiger partial charge >= 0.3 is 5.97 Å². The molecule has 102 valence electrons. The zero-order valence-corrected chi connectivity index (χ0v) is 12.2. The second-order valence-electron chi connectivity index (χ2n) is 4.94. The van der Waals surface area contributed by atoms with Gasteiger partial charge in [-0.15, -0.1) is 11.3 Å². The molecule has 1 aromatic heterocycles. The van der Waals surface area contributed by atoms with Crippen LogP contribution in [0.4, 0.5) is 0 Å². The highest BCUT2D eigenvalue weighted by Crippen LogP contribution is 2.26. The van der Waals surface area contributed by atoms with Gasteiger partial charge in [-0.3, -0.25) is 10.1 Å². The molecule has 0 fully saturated rings. The Kier molecular flexibility index (Phi) is 6.36. The van der Waals surface area contributed by atoms with E-state index in [1.54, 1.807) is 11.3 Å². The highest BCUT2D eigenvalue weighted by Gasteiger charge is 2.24. The molecule has 0 aliphatic heterocycles. The molecule has 2 unspecified atom stereocenters. The Bertz CT molecular complexity index is 349. The van der Waals surface area contributed by atoms with Crippen LogP contribution < -0.4 is 5.32 Å². The summed E-state index contributed by atoms with van der Waals surface area (Å²) in [6.45, 7) is 6.32. The molecule has 0 aromatic carbocycles. The summed E-state index contributed by atoms with van der Waals surface area (Å²) in [5.41, 5.74) is 0. The van der Waals surface area contributed by atoms with Gasteiger partial charge in [0, 0.05) is 10.9 Å². The summed E-state index contributed by atoms with van der Waals surface area (Å²) in [5, 5.41) is 14.6. The molecule has 0 aliphatic carbocycles. The van der Waals surface area contributed by atoms with Crippen molar-refractivity contribution in [3.05, 3.63) is 22.4 Å². The maximum absolute atomic E-state index is 11.3. The molecule has 1 heterocycles. The van der Waals surface area contributed by atoms with E-state index in [0.717, 1.165) is 12.8 Å². The van der Waals surface area contributed by atoms with Gasteiger partial charge in [0.1, 0.15) is 6.04 Å². The van der Waals surface area contributed by atoms with E-state index < -0.39 is 12.0 Å². The van der Waals surface area contributed by atoms with Gasteiger partial charge in [0.25, 0.3) is 0 Å². The zero-order valence-electron chi connectivity index (χ0n) is 11.3. The van der Waals surface area contributed by atoms with Crippen molar-refractivity contribution in [3.8, 4) is 0 Å². The van der Waals surface area contributed by atoms with Crippen LogP contribution in [-0.2, 0) is 4.79 Å². The molecule has 3 nitrogen and oxygen atoms in total. The van der Waals surface area contributed by atoms with E-state index in [4.69, 9.17) is 0 Å². The minimum Gasteiger partial charge on any atom is -0.480 e. The van der Waals surface area contributed by atoms with Crippen LogP contribution in [0.3, 0.4) is 0 Å². The highest BCUT2D eigenvalue weighted by atomic mass is 32.1. The summed E-state index contributed by atoms with van der Waals surface area (Å²) in [4.78, 5) is 12.5. The van der Waals surface area contributed by atoms with Crippen LogP contribution in [0.25, 0.3) is 0 Å². The molecule has 1 rings (SSSR count). The molecule has 0 bridgehead atoms. The molecule has 2 atom stereocenters. The molecule has 18 heavy (non-hydrogen) atoms. The summed E-state index contributed by atoms with van der Waals surface area (Å²) < 4.78 is 0. The fourth-order valence-electron chi connectivity index (χ4n) is 1.97. The Hall–Kier alpha value is -0.870. The molecule has 0 saturated heterocycles. The molecule has 4 heteroatoms. The lowest BCUT2D eigenvalue weighted by atomic mass is 10.00. The molecule has 0 amide bonds. The van der Waals surface area contributed by atoms with Gasteiger partial charge < -0.3 is 5.11 Å². The van der Waals surface area contributed by atoms with E-state index in [0.29, 0.717) is 12.3 Å². The van der Waals surface area contributed by atoms with Crippen LogP contribution in [0.2, 0.25) is 0 Å². The zero-order chi connectivity index (χ0) is 13.5. The summed E-state index contributed by atoms with van der Waals surface area (Å²) in [6, 6.07) is 3.77. The van der Waals surface area contributed by atoms with Crippen LogP contribution in [0.5, 0.6) is 0 Å². The lowest BCUT2D eigenvalue weighted by Gasteiger charge is -2.25. The number of hydrogen-bond acceptors (Lipinski definition) is 3. The minimum atomic E-state index is -0.745. The second kappa shape index (κ2) is 7.54. The van der Waals surface area contributed by atoms with Crippen LogP contribution in [0, 0.1) is 5.92 Å². The lowest BCUT2D eigenvalue weighted by Crippen LogP contribution is -2.40. The van der Waals surface area contributed by atoms with Crippen LogP contribution in [0.15, 0.2) is 17.5 Å². The quantitative estimate of drug-likeness (QED) is 0.757. The Morgan fingerprint density at radius 2 is 2.22 bits per heavy atom. The highest BCUT2D eigenvalue weighted by molar-refractivity contribution is 7.10. The summed E-state index contributed by atoms with van der Waals surface area (Å²) in [5.74, 6) is -0.363. The van der Waals surface area contributed by atoms with Gasteiger partial charge in [-0.1, -0.05) is 39.7 Å². The molecule has 0 spiro atoms. The number of thiophene rings is 1. The van der Waals surface area contributed by atoms with Gasteiger partial charge in [0.05, 0.1) is 0 Å². The fourth-order valence-corrected chi connectivity index (χ4v) is 2.93. The van der Waals surface area contributed by atoms with Gasteiger partial charge in [0.15, 0.2) is 0 Å². The van der Waals surface area contributed by atoms with Crippen molar-refractivity contribution in [1.82, 2.24) is 5.32 Å². The smallest absolute Gasteiger partial charge is 0.320 e. The molecule has 0 aliphatic rings. The molecule has 1 aromatic rings. The fraction of sp³-hybridized carbons (Fsp3) is 0.643. The summed E-state index contributed by atoms with van der Waals surface area (Å²) >= 11 is 1.68. The number of hydrogen-bond donors (Lipinski definition) is 2. The van der Waals surface area contributed by atoms with E-state index in [2.05, 4.69) is 32.2 Å². The number of nitrogens with one attached hydrogen (secondary N) is 1. The normalized spacial score (nSPS) is 14.7. The number of carboxylic acids is 1. The predicted octanol–water partition coefficient (Wildman–Crippen LogP) is 3.68. The van der Waals surface area contributed by atoms with Crippen LogP contribution in [0.1, 0.15) is 51.0 Å². The maximum Gasteiger partial charge on any atom is 0.320 e.